The van der Waals surface area contributed by atoms with Crippen molar-refractivity contribution in [2.45, 2.75) is 46.0 Å². The van der Waals surface area contributed by atoms with E-state index in [1.165, 1.54) is 40.7 Å². The highest BCUT2D eigenvalue weighted by molar-refractivity contribution is 5.71. The summed E-state index contributed by atoms with van der Waals surface area (Å²) >= 11 is 0. The van der Waals surface area contributed by atoms with Crippen molar-refractivity contribution in [1.29, 1.82) is 0 Å². The van der Waals surface area contributed by atoms with Gasteiger partial charge in [-0.25, -0.2) is 0 Å². The zero-order valence-corrected chi connectivity index (χ0v) is 14.6. The molecule has 0 heteroatoms. The van der Waals surface area contributed by atoms with Gasteiger partial charge in [0.25, 0.3) is 0 Å². The molecule has 0 aromatic heterocycles. The Morgan fingerprint density at radius 1 is 0.913 bits per heavy atom. The zero-order valence-electron chi connectivity index (χ0n) is 14.6. The van der Waals surface area contributed by atoms with Gasteiger partial charge in [-0.2, -0.15) is 0 Å². The first kappa shape index (κ1) is 17.3. The van der Waals surface area contributed by atoms with Crippen LogP contribution in [0.25, 0.3) is 11.1 Å². The molecule has 2 aromatic rings. The van der Waals surface area contributed by atoms with Gasteiger partial charge in [-0.1, -0.05) is 68.1 Å². The Labute approximate surface area is 141 Å². The van der Waals surface area contributed by atoms with E-state index in [0.29, 0.717) is 0 Å². The molecule has 0 saturated carbocycles. The van der Waals surface area contributed by atoms with Crippen LogP contribution in [0, 0.1) is 0 Å². The predicted molar refractivity (Wildman–Crippen MR) is 104 cm³/mol. The third-order valence-corrected chi connectivity index (χ3v) is 4.41. The highest BCUT2D eigenvalue weighted by Crippen LogP contribution is 2.25. The van der Waals surface area contributed by atoms with Crippen LogP contribution in [0.5, 0.6) is 0 Å². The van der Waals surface area contributed by atoms with Gasteiger partial charge in [0.2, 0.25) is 0 Å². The van der Waals surface area contributed by atoms with Crippen molar-refractivity contribution in [3.8, 4) is 0 Å². The minimum absolute atomic E-state index is 0.992. The largest absolute Gasteiger partial charge is 0.0955 e. The molecule has 0 unspecified atom stereocenters. The van der Waals surface area contributed by atoms with Crippen LogP contribution in [-0.2, 0) is 12.8 Å². The Bertz CT molecular complexity index is 662. The van der Waals surface area contributed by atoms with Crippen LogP contribution < -0.4 is 0 Å². The number of unbranched alkanes of at least 4 members (excludes halogenated alkanes) is 1. The summed E-state index contributed by atoms with van der Waals surface area (Å²) in [7, 11) is 0. The number of aryl methyl sites for hydroxylation is 2. The molecule has 0 spiro atoms. The number of allylic oxidation sites excluding steroid dienone is 2. The zero-order chi connectivity index (χ0) is 16.7. The van der Waals surface area contributed by atoms with Gasteiger partial charge in [0, 0.05) is 0 Å². The maximum Gasteiger partial charge on any atom is -0.0195 e. The first-order valence-corrected chi connectivity index (χ1v) is 8.62. The summed E-state index contributed by atoms with van der Waals surface area (Å²) in [5.74, 6) is 0. The van der Waals surface area contributed by atoms with Gasteiger partial charge >= 0.3 is 0 Å². The Hall–Kier alpha value is -2.08. The molecule has 0 amide bonds. The number of benzene rings is 2. The van der Waals surface area contributed by atoms with Crippen LogP contribution in [0.15, 0.2) is 61.7 Å². The molecule has 0 aliphatic heterocycles. The average Bonchev–Trinajstić information content (AvgIpc) is 2.58. The van der Waals surface area contributed by atoms with Gasteiger partial charge in [0.1, 0.15) is 0 Å². The van der Waals surface area contributed by atoms with E-state index in [-0.39, 0.29) is 0 Å². The van der Waals surface area contributed by atoms with E-state index in [1.807, 2.05) is 0 Å². The lowest BCUT2D eigenvalue weighted by Crippen LogP contribution is -1.96. The van der Waals surface area contributed by atoms with Crippen LogP contribution in [0.1, 0.15) is 55.4 Å². The Balaban J connectivity index is 1.99. The fourth-order valence-electron chi connectivity index (χ4n) is 2.91. The molecule has 0 N–H and O–H groups in total. The molecule has 0 radical (unpaired) electrons. The summed E-state index contributed by atoms with van der Waals surface area (Å²) < 4.78 is 0. The Morgan fingerprint density at radius 2 is 1.61 bits per heavy atom. The summed E-state index contributed by atoms with van der Waals surface area (Å²) in [5.41, 5.74) is 7.74. The van der Waals surface area contributed by atoms with Gasteiger partial charge in [-0.3, -0.25) is 0 Å². The second kappa shape index (κ2) is 8.53. The van der Waals surface area contributed by atoms with Gasteiger partial charge < -0.3 is 0 Å². The van der Waals surface area contributed by atoms with Gasteiger partial charge in [-0.15, -0.1) is 0 Å². The summed E-state index contributed by atoms with van der Waals surface area (Å²) in [6, 6.07) is 17.5. The van der Waals surface area contributed by atoms with E-state index < -0.39 is 0 Å². The molecule has 2 rings (SSSR count). The third kappa shape index (κ3) is 4.96. The molecule has 0 aliphatic carbocycles. The van der Waals surface area contributed by atoms with Crippen molar-refractivity contribution in [1.82, 2.24) is 0 Å². The molecule has 23 heavy (non-hydrogen) atoms. The molecule has 0 atom stereocenters. The summed E-state index contributed by atoms with van der Waals surface area (Å²) in [6.45, 7) is 12.6. The number of rotatable bonds is 8. The molecular formula is C23H28. The summed E-state index contributed by atoms with van der Waals surface area (Å²) in [5, 5.41) is 0. The van der Waals surface area contributed by atoms with E-state index in [9.17, 15) is 0 Å². The summed E-state index contributed by atoms with van der Waals surface area (Å²) in [4.78, 5) is 0. The lowest BCUT2D eigenvalue weighted by Gasteiger charge is -2.13. The standard InChI is InChI=1S/C23H28/c1-5-19(4)22-16-15-21(23(17-22)18(2)3)14-10-9-13-20-11-7-6-8-12-20/h6-8,11-12,15-17H,2,4-5,9-10,13-14H2,1,3H3. The molecule has 0 fully saturated rings. The second-order valence-electron chi connectivity index (χ2n) is 6.30. The van der Waals surface area contributed by atoms with Gasteiger partial charge in [0.15, 0.2) is 0 Å². The van der Waals surface area contributed by atoms with Crippen molar-refractivity contribution >= 4 is 11.1 Å². The van der Waals surface area contributed by atoms with Crippen LogP contribution in [0.4, 0.5) is 0 Å². The van der Waals surface area contributed by atoms with E-state index in [1.54, 1.807) is 0 Å². The first-order chi connectivity index (χ1) is 11.1. The highest BCUT2D eigenvalue weighted by atomic mass is 14.1. The minimum atomic E-state index is 0.992. The van der Waals surface area contributed by atoms with Crippen LogP contribution in [0.3, 0.4) is 0 Å². The molecule has 0 saturated heterocycles. The van der Waals surface area contributed by atoms with E-state index in [0.717, 1.165) is 24.8 Å². The van der Waals surface area contributed by atoms with Crippen LogP contribution in [0.2, 0.25) is 0 Å². The molecule has 0 aliphatic rings. The molecule has 2 aromatic carbocycles. The fourth-order valence-corrected chi connectivity index (χ4v) is 2.91. The van der Waals surface area contributed by atoms with Crippen LogP contribution in [-0.4, -0.2) is 0 Å². The predicted octanol–water partition coefficient (Wildman–Crippen LogP) is 6.71. The third-order valence-electron chi connectivity index (χ3n) is 4.41. The van der Waals surface area contributed by atoms with Crippen molar-refractivity contribution in [3.63, 3.8) is 0 Å². The van der Waals surface area contributed by atoms with Crippen LogP contribution >= 0.6 is 0 Å². The Kier molecular flexibility index (Phi) is 6.40. The second-order valence-corrected chi connectivity index (χ2v) is 6.30. The highest BCUT2D eigenvalue weighted by Gasteiger charge is 2.06. The fraction of sp³-hybridized carbons (Fsp3) is 0.304. The quantitative estimate of drug-likeness (QED) is 0.475. The van der Waals surface area contributed by atoms with Gasteiger partial charge in [0.05, 0.1) is 0 Å². The van der Waals surface area contributed by atoms with Crippen molar-refractivity contribution in [2.75, 3.05) is 0 Å². The van der Waals surface area contributed by atoms with Crippen molar-refractivity contribution < 1.29 is 0 Å². The maximum atomic E-state index is 4.16. The van der Waals surface area contributed by atoms with Crippen molar-refractivity contribution in [3.05, 3.63) is 83.9 Å². The van der Waals surface area contributed by atoms with Gasteiger partial charge in [-0.05, 0) is 72.9 Å². The van der Waals surface area contributed by atoms with E-state index in [4.69, 9.17) is 0 Å². The topological polar surface area (TPSA) is 0 Å². The smallest absolute Gasteiger partial charge is 0.0195 e. The van der Waals surface area contributed by atoms with Crippen molar-refractivity contribution in [2.24, 2.45) is 0 Å². The molecule has 120 valence electrons. The average molecular weight is 304 g/mol. The summed E-state index contributed by atoms with van der Waals surface area (Å²) in [6.07, 6.45) is 5.71. The normalized spacial score (nSPS) is 10.5. The molecular weight excluding hydrogens is 276 g/mol. The molecule has 0 heterocycles. The Morgan fingerprint density at radius 3 is 2.26 bits per heavy atom. The minimum Gasteiger partial charge on any atom is -0.0955 e. The molecule has 0 nitrogen and oxygen atoms in total. The monoisotopic (exact) mass is 304 g/mol. The first-order valence-electron chi connectivity index (χ1n) is 8.62. The van der Waals surface area contributed by atoms with E-state index in [2.05, 4.69) is 75.5 Å². The maximum absolute atomic E-state index is 4.16. The lowest BCUT2D eigenvalue weighted by atomic mass is 9.92. The van der Waals surface area contributed by atoms with E-state index >= 15 is 0 Å². The SMILES string of the molecule is C=C(CC)c1ccc(CCCCc2ccccc2)c(C(=C)C)c1. The lowest BCUT2D eigenvalue weighted by molar-refractivity contribution is 0.733. The number of hydrogen-bond acceptors (Lipinski definition) is 0. The molecule has 0 bridgehead atoms. The number of hydrogen-bond donors (Lipinski definition) is 0.